The van der Waals surface area contributed by atoms with E-state index in [1.54, 1.807) is 4.31 Å². The summed E-state index contributed by atoms with van der Waals surface area (Å²) in [6, 6.07) is 11.9. The number of carbonyl (C=O) groups is 1. The van der Waals surface area contributed by atoms with Crippen molar-refractivity contribution in [3.63, 3.8) is 0 Å². The molecule has 27 heavy (non-hydrogen) atoms. The van der Waals surface area contributed by atoms with Gasteiger partial charge in [-0.3, -0.25) is 14.0 Å². The summed E-state index contributed by atoms with van der Waals surface area (Å²) in [5.41, 5.74) is 4.54. The Labute approximate surface area is 168 Å². The predicted octanol–water partition coefficient (Wildman–Crippen LogP) is 4.08. The van der Waals surface area contributed by atoms with Gasteiger partial charge in [0.25, 0.3) is 5.91 Å². The fraction of sp³-hybridized carbons (Fsp3) is 0.350. The molecule has 1 amide bonds. The van der Waals surface area contributed by atoms with Crippen LogP contribution in [0.25, 0.3) is 11.1 Å². The number of hydrogen-bond acceptors (Lipinski definition) is 5. The predicted molar refractivity (Wildman–Crippen MR) is 111 cm³/mol. The second kappa shape index (κ2) is 8.10. The lowest BCUT2D eigenvalue weighted by Crippen LogP contribution is -2.42. The second-order valence-corrected chi connectivity index (χ2v) is 8.03. The van der Waals surface area contributed by atoms with Crippen LogP contribution < -0.4 is 4.72 Å². The highest BCUT2D eigenvalue weighted by Gasteiger charge is 2.26. The molecule has 2 heterocycles. The van der Waals surface area contributed by atoms with Gasteiger partial charge in [0.2, 0.25) is 0 Å². The van der Waals surface area contributed by atoms with E-state index in [1.165, 1.54) is 12.1 Å². The molecule has 0 saturated carbocycles. The van der Waals surface area contributed by atoms with Crippen LogP contribution in [0.4, 0.5) is 5.69 Å². The molecule has 0 aromatic heterocycles. The Balaban J connectivity index is 1.52. The summed E-state index contributed by atoms with van der Waals surface area (Å²) in [6.45, 7) is 6.92. The van der Waals surface area contributed by atoms with E-state index in [2.05, 4.69) is 9.62 Å². The van der Waals surface area contributed by atoms with E-state index >= 15 is 0 Å². The molecule has 2 aromatic rings. The normalized spacial score (nSPS) is 17.6. The number of rotatable bonds is 4. The molecule has 5 nitrogen and oxygen atoms in total. The highest BCUT2D eigenvalue weighted by Crippen LogP contribution is 2.35. The lowest BCUT2D eigenvalue weighted by atomic mass is 10.0. The molecular formula is C20H22ClN3O2S. The fourth-order valence-electron chi connectivity index (χ4n) is 3.32. The third-order valence-corrected chi connectivity index (χ3v) is 6.09. The molecule has 142 valence electrons. The number of fused-ring (bicyclic) bond motifs is 1. The van der Waals surface area contributed by atoms with E-state index in [0.717, 1.165) is 55.2 Å². The number of hydrogen-bond donors (Lipinski definition) is 1. The van der Waals surface area contributed by atoms with Crippen LogP contribution in [-0.4, -0.2) is 54.5 Å². The van der Waals surface area contributed by atoms with Crippen molar-refractivity contribution in [1.82, 2.24) is 9.21 Å². The van der Waals surface area contributed by atoms with Gasteiger partial charge in [-0.1, -0.05) is 29.8 Å². The summed E-state index contributed by atoms with van der Waals surface area (Å²) in [4.78, 5) is 15.3. The Morgan fingerprint density at radius 3 is 2.70 bits per heavy atom. The smallest absolute Gasteiger partial charge is 0.267 e. The number of aryl methyl sites for hydroxylation is 1. The van der Waals surface area contributed by atoms with Crippen molar-refractivity contribution in [2.24, 2.45) is 0 Å². The first kappa shape index (κ1) is 18.6. The zero-order chi connectivity index (χ0) is 18.8. The van der Waals surface area contributed by atoms with Gasteiger partial charge < -0.3 is 9.46 Å². The first-order valence-electron chi connectivity index (χ1n) is 9.07. The van der Waals surface area contributed by atoms with Crippen LogP contribution in [0.1, 0.15) is 15.9 Å². The first-order valence-corrected chi connectivity index (χ1v) is 10.2. The molecule has 0 aliphatic carbocycles. The zero-order valence-corrected chi connectivity index (χ0v) is 16.8. The van der Waals surface area contributed by atoms with Crippen molar-refractivity contribution in [3.05, 3.63) is 52.5 Å². The topological polar surface area (TPSA) is 44.8 Å². The average molecular weight is 404 g/mol. The number of nitrogens with one attached hydrogen (secondary N) is 1. The molecule has 2 aliphatic rings. The molecule has 0 bridgehead atoms. The minimum Gasteiger partial charge on any atom is -0.379 e. The Hall–Kier alpha value is -1.73. The van der Waals surface area contributed by atoms with Crippen LogP contribution in [-0.2, 0) is 4.74 Å². The Morgan fingerprint density at radius 1 is 1.11 bits per heavy atom. The molecule has 1 N–H and O–H groups in total. The fourth-order valence-corrected chi connectivity index (χ4v) is 4.40. The van der Waals surface area contributed by atoms with Gasteiger partial charge in [-0.05, 0) is 36.2 Å². The van der Waals surface area contributed by atoms with Crippen molar-refractivity contribution in [3.8, 4) is 11.1 Å². The molecule has 1 fully saturated rings. The monoisotopic (exact) mass is 403 g/mol. The van der Waals surface area contributed by atoms with Gasteiger partial charge in [0.05, 0.1) is 36.6 Å². The largest absolute Gasteiger partial charge is 0.379 e. The summed E-state index contributed by atoms with van der Waals surface area (Å²) in [6.07, 6.45) is 0. The van der Waals surface area contributed by atoms with Gasteiger partial charge in [0.1, 0.15) is 0 Å². The van der Waals surface area contributed by atoms with Gasteiger partial charge in [-0.15, -0.1) is 0 Å². The number of ether oxygens (including phenoxy) is 1. The van der Waals surface area contributed by atoms with E-state index in [4.69, 9.17) is 16.3 Å². The number of morpholine rings is 1. The molecular weight excluding hydrogens is 382 g/mol. The zero-order valence-electron chi connectivity index (χ0n) is 15.2. The third-order valence-electron chi connectivity index (χ3n) is 4.90. The Kier molecular flexibility index (Phi) is 5.59. The lowest BCUT2D eigenvalue weighted by molar-refractivity contribution is 0.0362. The van der Waals surface area contributed by atoms with E-state index in [9.17, 15) is 4.79 Å². The molecule has 0 radical (unpaired) electrons. The van der Waals surface area contributed by atoms with E-state index in [0.29, 0.717) is 17.1 Å². The molecule has 2 aromatic carbocycles. The molecule has 4 rings (SSSR count). The molecule has 0 spiro atoms. The Bertz CT molecular complexity index is 855. The summed E-state index contributed by atoms with van der Waals surface area (Å²) >= 11 is 7.78. The number of anilines is 1. The van der Waals surface area contributed by atoms with Gasteiger partial charge in [0.15, 0.2) is 0 Å². The number of carbonyl (C=O) groups excluding carboxylic acids is 1. The quantitative estimate of drug-likeness (QED) is 0.779. The summed E-state index contributed by atoms with van der Waals surface area (Å²) < 4.78 is 10.4. The van der Waals surface area contributed by atoms with Crippen molar-refractivity contribution >= 4 is 35.3 Å². The molecule has 1 saturated heterocycles. The van der Waals surface area contributed by atoms with Gasteiger partial charge >= 0.3 is 0 Å². The van der Waals surface area contributed by atoms with Crippen LogP contribution in [0.5, 0.6) is 0 Å². The lowest BCUT2D eigenvalue weighted by Gasteiger charge is -2.32. The van der Waals surface area contributed by atoms with Crippen molar-refractivity contribution in [2.45, 2.75) is 6.92 Å². The minimum atomic E-state index is 0.0343. The summed E-state index contributed by atoms with van der Waals surface area (Å²) in [5, 5.41) is 0.699. The number of halogens is 1. The second-order valence-electron chi connectivity index (χ2n) is 6.80. The van der Waals surface area contributed by atoms with Crippen LogP contribution in [0.15, 0.2) is 36.4 Å². The summed E-state index contributed by atoms with van der Waals surface area (Å²) in [5.74, 6) is 0.0343. The highest BCUT2D eigenvalue weighted by atomic mass is 35.5. The molecule has 7 heteroatoms. The summed E-state index contributed by atoms with van der Waals surface area (Å²) in [7, 11) is 0. The van der Waals surface area contributed by atoms with E-state index in [-0.39, 0.29) is 5.91 Å². The van der Waals surface area contributed by atoms with Crippen molar-refractivity contribution in [1.29, 1.82) is 0 Å². The Morgan fingerprint density at radius 2 is 1.93 bits per heavy atom. The van der Waals surface area contributed by atoms with Gasteiger partial charge in [-0.2, -0.15) is 0 Å². The maximum atomic E-state index is 13.0. The van der Waals surface area contributed by atoms with Crippen molar-refractivity contribution < 1.29 is 9.53 Å². The first-order chi connectivity index (χ1) is 13.1. The maximum absolute atomic E-state index is 13.0. The third kappa shape index (κ3) is 4.09. The average Bonchev–Trinajstić information content (AvgIpc) is 2.68. The van der Waals surface area contributed by atoms with E-state index < -0.39 is 0 Å². The molecule has 2 aliphatic heterocycles. The number of benzene rings is 2. The molecule has 0 unspecified atom stereocenters. The SMILES string of the molecule is Cc1ccc(-c2ccc3c(c2)C(=O)N(CCN2CCOCC2)SN3)c(Cl)c1. The van der Waals surface area contributed by atoms with Crippen LogP contribution in [0, 0.1) is 6.92 Å². The van der Waals surface area contributed by atoms with Crippen molar-refractivity contribution in [2.75, 3.05) is 44.1 Å². The molecule has 0 atom stereocenters. The highest BCUT2D eigenvalue weighted by molar-refractivity contribution is 7.99. The van der Waals surface area contributed by atoms with Crippen LogP contribution >= 0.6 is 23.7 Å². The van der Waals surface area contributed by atoms with Gasteiger partial charge in [0, 0.05) is 36.8 Å². The van der Waals surface area contributed by atoms with Crippen LogP contribution in [0.3, 0.4) is 0 Å². The standard InChI is InChI=1S/C20H22ClN3O2S/c1-14-2-4-16(18(21)12-14)15-3-5-19-17(13-15)20(25)24(27-22-19)7-6-23-8-10-26-11-9-23/h2-5,12-13,22H,6-11H2,1H3. The van der Waals surface area contributed by atoms with Gasteiger partial charge in [-0.25, -0.2) is 0 Å². The van der Waals surface area contributed by atoms with Crippen LogP contribution in [0.2, 0.25) is 5.02 Å². The number of nitrogens with zero attached hydrogens (tertiary/aromatic N) is 2. The maximum Gasteiger partial charge on any atom is 0.267 e. The minimum absolute atomic E-state index is 0.0343. The van der Waals surface area contributed by atoms with E-state index in [1.807, 2.05) is 43.3 Å². The number of amides is 1.